The zero-order chi connectivity index (χ0) is 14.0. The van der Waals surface area contributed by atoms with E-state index in [2.05, 4.69) is 0 Å². The predicted molar refractivity (Wildman–Crippen MR) is 67.9 cm³/mol. The molecule has 0 spiro atoms. The summed E-state index contributed by atoms with van der Waals surface area (Å²) in [6.07, 6.45) is 2.04. The molecule has 2 rings (SSSR count). The highest BCUT2D eigenvalue weighted by molar-refractivity contribution is 5.99. The third-order valence-corrected chi connectivity index (χ3v) is 3.45. The Labute approximate surface area is 111 Å². The minimum Gasteiger partial charge on any atom is -0.478 e. The van der Waals surface area contributed by atoms with E-state index in [0.717, 1.165) is 12.8 Å². The highest BCUT2D eigenvalue weighted by Gasteiger charge is 2.31. The van der Waals surface area contributed by atoms with E-state index in [0.29, 0.717) is 31.0 Å². The van der Waals surface area contributed by atoms with E-state index in [1.54, 1.807) is 0 Å². The molecule has 0 saturated carbocycles. The molecule has 0 bridgehead atoms. The summed E-state index contributed by atoms with van der Waals surface area (Å²) in [7, 11) is 0. The lowest BCUT2D eigenvalue weighted by atomic mass is 9.93. The molecule has 0 radical (unpaired) electrons. The van der Waals surface area contributed by atoms with E-state index < -0.39 is 5.97 Å². The SMILES string of the molecule is CC(C)c1oc(C2CCOCC2)c(C(=O)O)c1C=O. The van der Waals surface area contributed by atoms with Crippen LogP contribution < -0.4 is 0 Å². The maximum atomic E-state index is 11.4. The van der Waals surface area contributed by atoms with Gasteiger partial charge in [0.1, 0.15) is 17.1 Å². The van der Waals surface area contributed by atoms with Gasteiger partial charge >= 0.3 is 5.97 Å². The smallest absolute Gasteiger partial charge is 0.340 e. The van der Waals surface area contributed by atoms with Crippen LogP contribution in [0.3, 0.4) is 0 Å². The van der Waals surface area contributed by atoms with Crippen molar-refractivity contribution in [2.24, 2.45) is 0 Å². The minimum atomic E-state index is -1.10. The van der Waals surface area contributed by atoms with Gasteiger partial charge in [-0.3, -0.25) is 4.79 Å². The summed E-state index contributed by atoms with van der Waals surface area (Å²) in [5.41, 5.74) is 0.217. The molecule has 1 saturated heterocycles. The Morgan fingerprint density at radius 2 is 2.00 bits per heavy atom. The van der Waals surface area contributed by atoms with Gasteiger partial charge < -0.3 is 14.3 Å². The van der Waals surface area contributed by atoms with Gasteiger partial charge in [-0.05, 0) is 12.8 Å². The van der Waals surface area contributed by atoms with Crippen LogP contribution >= 0.6 is 0 Å². The van der Waals surface area contributed by atoms with Gasteiger partial charge in [-0.1, -0.05) is 13.8 Å². The summed E-state index contributed by atoms with van der Waals surface area (Å²) in [5.74, 6) is -0.201. The fraction of sp³-hybridized carbons (Fsp3) is 0.571. The Morgan fingerprint density at radius 3 is 2.47 bits per heavy atom. The number of aldehydes is 1. The Balaban J connectivity index is 2.52. The molecular formula is C14H18O5. The van der Waals surface area contributed by atoms with Crippen molar-refractivity contribution >= 4 is 12.3 Å². The first-order chi connectivity index (χ1) is 9.06. The van der Waals surface area contributed by atoms with Gasteiger partial charge in [-0.25, -0.2) is 4.79 Å². The number of furan rings is 1. The van der Waals surface area contributed by atoms with E-state index in [9.17, 15) is 14.7 Å². The fourth-order valence-electron chi connectivity index (χ4n) is 2.49. The first-order valence-corrected chi connectivity index (χ1v) is 6.49. The third kappa shape index (κ3) is 2.56. The van der Waals surface area contributed by atoms with Crippen molar-refractivity contribution in [3.05, 3.63) is 22.6 Å². The van der Waals surface area contributed by atoms with Crippen LogP contribution in [0.4, 0.5) is 0 Å². The number of carboxylic acids is 1. The molecule has 0 amide bonds. The van der Waals surface area contributed by atoms with Gasteiger partial charge in [-0.2, -0.15) is 0 Å². The zero-order valence-corrected chi connectivity index (χ0v) is 11.1. The second-order valence-corrected chi connectivity index (χ2v) is 5.08. The van der Waals surface area contributed by atoms with Crippen molar-refractivity contribution < 1.29 is 23.8 Å². The van der Waals surface area contributed by atoms with E-state index >= 15 is 0 Å². The van der Waals surface area contributed by atoms with Gasteiger partial charge in [0.15, 0.2) is 6.29 Å². The summed E-state index contributed by atoms with van der Waals surface area (Å²) in [6.45, 7) is 4.95. The Bertz CT molecular complexity index is 480. The first-order valence-electron chi connectivity index (χ1n) is 6.49. The van der Waals surface area contributed by atoms with E-state index in [1.165, 1.54) is 0 Å². The van der Waals surface area contributed by atoms with Crippen LogP contribution in [-0.4, -0.2) is 30.6 Å². The normalized spacial score (nSPS) is 16.8. The summed E-state index contributed by atoms with van der Waals surface area (Å²) in [4.78, 5) is 22.6. The summed E-state index contributed by atoms with van der Waals surface area (Å²) >= 11 is 0. The number of aromatic carboxylic acids is 1. The van der Waals surface area contributed by atoms with Gasteiger partial charge in [-0.15, -0.1) is 0 Å². The van der Waals surface area contributed by atoms with Crippen LogP contribution in [0.25, 0.3) is 0 Å². The number of hydrogen-bond acceptors (Lipinski definition) is 4. The highest BCUT2D eigenvalue weighted by atomic mass is 16.5. The fourth-order valence-corrected chi connectivity index (χ4v) is 2.49. The lowest BCUT2D eigenvalue weighted by Crippen LogP contribution is -2.16. The predicted octanol–water partition coefficient (Wildman–Crippen LogP) is 2.81. The van der Waals surface area contributed by atoms with E-state index in [1.807, 2.05) is 13.8 Å². The van der Waals surface area contributed by atoms with Crippen LogP contribution in [0.2, 0.25) is 0 Å². The van der Waals surface area contributed by atoms with Crippen LogP contribution in [0.5, 0.6) is 0 Å². The molecule has 1 N–H and O–H groups in total. The Kier molecular flexibility index (Phi) is 4.04. The zero-order valence-electron chi connectivity index (χ0n) is 11.1. The monoisotopic (exact) mass is 266 g/mol. The van der Waals surface area contributed by atoms with Gasteiger partial charge in [0.05, 0.1) is 5.56 Å². The number of hydrogen-bond donors (Lipinski definition) is 1. The lowest BCUT2D eigenvalue weighted by molar-refractivity contribution is 0.0673. The van der Waals surface area contributed by atoms with Crippen molar-refractivity contribution in [1.29, 1.82) is 0 Å². The number of rotatable bonds is 4. The van der Waals surface area contributed by atoms with Crippen LogP contribution in [0, 0.1) is 0 Å². The number of carbonyl (C=O) groups excluding carboxylic acids is 1. The van der Waals surface area contributed by atoms with Crippen LogP contribution in [0.1, 0.15) is 70.8 Å². The molecule has 1 aromatic heterocycles. The molecule has 0 aliphatic carbocycles. The van der Waals surface area contributed by atoms with Crippen molar-refractivity contribution in [2.75, 3.05) is 13.2 Å². The number of carbonyl (C=O) groups is 2. The van der Waals surface area contributed by atoms with Crippen LogP contribution in [0.15, 0.2) is 4.42 Å². The summed E-state index contributed by atoms with van der Waals surface area (Å²) in [6, 6.07) is 0. The molecule has 2 heterocycles. The molecule has 0 unspecified atom stereocenters. The molecular weight excluding hydrogens is 248 g/mol. The van der Waals surface area contributed by atoms with E-state index in [-0.39, 0.29) is 23.0 Å². The molecule has 19 heavy (non-hydrogen) atoms. The molecule has 1 aliphatic heterocycles. The second kappa shape index (κ2) is 5.57. The number of ether oxygens (including phenoxy) is 1. The Hall–Kier alpha value is -1.62. The Morgan fingerprint density at radius 1 is 1.37 bits per heavy atom. The lowest BCUT2D eigenvalue weighted by Gasteiger charge is -2.20. The first kappa shape index (κ1) is 13.8. The molecule has 0 aromatic carbocycles. The highest BCUT2D eigenvalue weighted by Crippen LogP contribution is 2.36. The largest absolute Gasteiger partial charge is 0.478 e. The molecule has 1 aliphatic rings. The maximum Gasteiger partial charge on any atom is 0.340 e. The van der Waals surface area contributed by atoms with Crippen LogP contribution in [-0.2, 0) is 4.74 Å². The van der Waals surface area contributed by atoms with Crippen molar-refractivity contribution in [3.8, 4) is 0 Å². The second-order valence-electron chi connectivity index (χ2n) is 5.08. The van der Waals surface area contributed by atoms with Crippen molar-refractivity contribution in [1.82, 2.24) is 0 Å². The molecule has 1 aromatic rings. The van der Waals surface area contributed by atoms with Crippen molar-refractivity contribution in [3.63, 3.8) is 0 Å². The topological polar surface area (TPSA) is 76.7 Å². The van der Waals surface area contributed by atoms with E-state index in [4.69, 9.17) is 9.15 Å². The van der Waals surface area contributed by atoms with Gasteiger partial charge in [0, 0.05) is 25.0 Å². The number of carboxylic acid groups (broad SMARTS) is 1. The molecule has 5 heteroatoms. The summed E-state index contributed by atoms with van der Waals surface area (Å²) in [5, 5.41) is 9.35. The molecule has 0 atom stereocenters. The maximum absolute atomic E-state index is 11.4. The van der Waals surface area contributed by atoms with Gasteiger partial charge in [0.25, 0.3) is 0 Å². The third-order valence-electron chi connectivity index (χ3n) is 3.45. The average molecular weight is 266 g/mol. The quantitative estimate of drug-likeness (QED) is 0.848. The minimum absolute atomic E-state index is 0.0195. The van der Waals surface area contributed by atoms with Gasteiger partial charge in [0.2, 0.25) is 0 Å². The standard InChI is InChI=1S/C14H18O5/c1-8(2)12-10(7-15)11(14(16)17)13(19-12)9-3-5-18-6-4-9/h7-9H,3-6H2,1-2H3,(H,16,17). The summed E-state index contributed by atoms with van der Waals surface area (Å²) < 4.78 is 11.0. The molecule has 104 valence electrons. The molecule has 5 nitrogen and oxygen atoms in total. The van der Waals surface area contributed by atoms with Crippen molar-refractivity contribution in [2.45, 2.75) is 38.5 Å². The average Bonchev–Trinajstić information content (AvgIpc) is 2.79. The molecule has 1 fully saturated rings.